The summed E-state index contributed by atoms with van der Waals surface area (Å²) in [5, 5.41) is 4.31. The van der Waals surface area contributed by atoms with E-state index in [4.69, 9.17) is 10.5 Å². The number of ether oxygens (including phenoxy) is 1. The molecule has 32 heavy (non-hydrogen) atoms. The van der Waals surface area contributed by atoms with Gasteiger partial charge in [-0.25, -0.2) is 4.68 Å². The molecule has 0 saturated carbocycles. The summed E-state index contributed by atoms with van der Waals surface area (Å²) in [6, 6.07) is 6.70. The summed E-state index contributed by atoms with van der Waals surface area (Å²) in [5.41, 5.74) is 7.34. The molecular formula is C23H29N5O4. The summed E-state index contributed by atoms with van der Waals surface area (Å²) in [6.45, 7) is 3.28. The van der Waals surface area contributed by atoms with E-state index in [9.17, 15) is 14.4 Å². The van der Waals surface area contributed by atoms with Gasteiger partial charge in [0.2, 0.25) is 11.8 Å². The molecule has 1 aromatic heterocycles. The number of piperidine rings is 1. The van der Waals surface area contributed by atoms with Gasteiger partial charge in [0, 0.05) is 32.5 Å². The number of anilines is 1. The summed E-state index contributed by atoms with van der Waals surface area (Å²) in [4.78, 5) is 41.6. The lowest BCUT2D eigenvalue weighted by Gasteiger charge is -2.34. The zero-order valence-corrected chi connectivity index (χ0v) is 18.5. The Kier molecular flexibility index (Phi) is 6.16. The van der Waals surface area contributed by atoms with Crippen molar-refractivity contribution in [2.24, 2.45) is 5.92 Å². The number of nitrogens with two attached hydrogens (primary N) is 1. The minimum absolute atomic E-state index is 0.00479. The second kappa shape index (κ2) is 9.02. The van der Waals surface area contributed by atoms with Crippen LogP contribution in [0.3, 0.4) is 0 Å². The summed E-state index contributed by atoms with van der Waals surface area (Å²) in [6.07, 6.45) is 4.14. The lowest BCUT2D eigenvalue weighted by atomic mass is 9.94. The van der Waals surface area contributed by atoms with E-state index in [0.717, 1.165) is 12.1 Å². The van der Waals surface area contributed by atoms with Crippen molar-refractivity contribution < 1.29 is 19.1 Å². The molecule has 1 atom stereocenters. The molecule has 0 aliphatic carbocycles. The van der Waals surface area contributed by atoms with E-state index in [1.54, 1.807) is 36.0 Å². The zero-order valence-electron chi connectivity index (χ0n) is 18.5. The highest BCUT2D eigenvalue weighted by molar-refractivity contribution is 6.05. The number of methoxy groups -OCH3 is 1. The number of rotatable bonds is 5. The van der Waals surface area contributed by atoms with Crippen LogP contribution in [0.2, 0.25) is 0 Å². The molecule has 2 amide bonds. The van der Waals surface area contributed by atoms with Crippen LogP contribution in [0.1, 0.15) is 43.0 Å². The van der Waals surface area contributed by atoms with E-state index in [-0.39, 0.29) is 29.3 Å². The number of nitrogen functional groups attached to an aromatic ring is 1. The maximum atomic E-state index is 13.4. The molecule has 2 N–H and O–H groups in total. The van der Waals surface area contributed by atoms with Crippen molar-refractivity contribution in [2.45, 2.75) is 38.6 Å². The van der Waals surface area contributed by atoms with Crippen LogP contribution in [0.15, 0.2) is 30.5 Å². The fourth-order valence-electron chi connectivity index (χ4n) is 4.64. The Labute approximate surface area is 187 Å². The average Bonchev–Trinajstić information content (AvgIpc) is 3.45. The van der Waals surface area contributed by atoms with E-state index in [1.165, 1.54) is 10.9 Å². The smallest absolute Gasteiger partial charge is 0.226 e. The number of hydrogen-bond donors (Lipinski definition) is 1. The highest BCUT2D eigenvalue weighted by Gasteiger charge is 2.39. The number of amides is 2. The number of nitrogens with zero attached hydrogens (tertiary/aromatic N) is 4. The van der Waals surface area contributed by atoms with Gasteiger partial charge in [-0.1, -0.05) is 0 Å². The average molecular weight is 440 g/mol. The molecule has 1 aromatic carbocycles. The van der Waals surface area contributed by atoms with Gasteiger partial charge in [0.15, 0.2) is 5.78 Å². The van der Waals surface area contributed by atoms with Crippen molar-refractivity contribution in [3.8, 4) is 11.4 Å². The van der Waals surface area contributed by atoms with E-state index >= 15 is 0 Å². The third-order valence-corrected chi connectivity index (χ3v) is 6.52. The van der Waals surface area contributed by atoms with Crippen molar-refractivity contribution >= 4 is 23.4 Å². The first-order valence-electron chi connectivity index (χ1n) is 11.0. The molecule has 2 fully saturated rings. The molecule has 3 heterocycles. The molecule has 2 saturated heterocycles. The highest BCUT2D eigenvalue weighted by atomic mass is 16.5. The van der Waals surface area contributed by atoms with Crippen molar-refractivity contribution in [1.29, 1.82) is 0 Å². The van der Waals surface area contributed by atoms with Gasteiger partial charge in [-0.15, -0.1) is 0 Å². The van der Waals surface area contributed by atoms with E-state index in [0.29, 0.717) is 50.2 Å². The first-order chi connectivity index (χ1) is 15.4. The SMILES string of the molecule is COc1ccc(-n2ncc(C(=O)[C@@H]3CCCN3C(=O)C3CCN(C(C)=O)CC3)c2N)cc1. The molecule has 2 aromatic rings. The van der Waals surface area contributed by atoms with Crippen molar-refractivity contribution in [3.63, 3.8) is 0 Å². The second-order valence-electron chi connectivity index (χ2n) is 8.39. The summed E-state index contributed by atoms with van der Waals surface area (Å²) in [7, 11) is 1.59. The molecule has 0 spiro atoms. The summed E-state index contributed by atoms with van der Waals surface area (Å²) in [5.74, 6) is 0.687. The predicted molar refractivity (Wildman–Crippen MR) is 119 cm³/mol. The first-order valence-corrected chi connectivity index (χ1v) is 11.0. The van der Waals surface area contributed by atoms with Gasteiger partial charge in [0.25, 0.3) is 0 Å². The monoisotopic (exact) mass is 439 g/mol. The number of likely N-dealkylation sites (tertiary alicyclic amines) is 2. The molecule has 4 rings (SSSR count). The molecule has 2 aliphatic rings. The molecular weight excluding hydrogens is 410 g/mol. The maximum absolute atomic E-state index is 13.4. The number of benzene rings is 1. The molecule has 2 aliphatic heterocycles. The number of aromatic nitrogens is 2. The Morgan fingerprint density at radius 2 is 1.75 bits per heavy atom. The number of carbonyl (C=O) groups excluding carboxylic acids is 3. The number of Topliss-reactive ketones (excluding diaryl/α,β-unsaturated/α-hetero) is 1. The molecule has 0 bridgehead atoms. The highest BCUT2D eigenvalue weighted by Crippen LogP contribution is 2.29. The Hall–Kier alpha value is -3.36. The quantitative estimate of drug-likeness (QED) is 0.713. The number of hydrogen-bond acceptors (Lipinski definition) is 6. The Bertz CT molecular complexity index is 1010. The molecule has 0 unspecified atom stereocenters. The van der Waals surface area contributed by atoms with Crippen LogP contribution in [0.4, 0.5) is 5.82 Å². The van der Waals surface area contributed by atoms with Crippen LogP contribution in [-0.4, -0.2) is 70.0 Å². The minimum Gasteiger partial charge on any atom is -0.497 e. The zero-order chi connectivity index (χ0) is 22.8. The van der Waals surface area contributed by atoms with Crippen LogP contribution >= 0.6 is 0 Å². The largest absolute Gasteiger partial charge is 0.497 e. The maximum Gasteiger partial charge on any atom is 0.226 e. The lowest BCUT2D eigenvalue weighted by Crippen LogP contribution is -2.47. The summed E-state index contributed by atoms with van der Waals surface area (Å²) < 4.78 is 6.70. The van der Waals surface area contributed by atoms with Crippen LogP contribution in [0.5, 0.6) is 5.75 Å². The van der Waals surface area contributed by atoms with Crippen LogP contribution < -0.4 is 10.5 Å². The third kappa shape index (κ3) is 4.06. The molecule has 9 nitrogen and oxygen atoms in total. The summed E-state index contributed by atoms with van der Waals surface area (Å²) >= 11 is 0. The van der Waals surface area contributed by atoms with Crippen LogP contribution in [0.25, 0.3) is 5.69 Å². The fourth-order valence-corrected chi connectivity index (χ4v) is 4.64. The Balaban J connectivity index is 1.48. The van der Waals surface area contributed by atoms with Gasteiger partial charge in [0.05, 0.1) is 30.6 Å². The standard InChI is InChI=1S/C23H29N5O4/c1-15(29)26-12-9-16(10-13-26)23(31)27-11-3-4-20(27)21(30)19-14-25-28(22(19)24)17-5-7-18(32-2)8-6-17/h5-8,14,16,20H,3-4,9-13,24H2,1-2H3/t20-/m0/s1. The Morgan fingerprint density at radius 3 is 2.38 bits per heavy atom. The van der Waals surface area contributed by atoms with E-state index in [2.05, 4.69) is 5.10 Å². The Morgan fingerprint density at radius 1 is 1.06 bits per heavy atom. The number of carbonyl (C=O) groups is 3. The van der Waals surface area contributed by atoms with Crippen molar-refractivity contribution in [1.82, 2.24) is 19.6 Å². The second-order valence-corrected chi connectivity index (χ2v) is 8.39. The van der Waals surface area contributed by atoms with Gasteiger partial charge in [-0.05, 0) is 49.9 Å². The third-order valence-electron chi connectivity index (χ3n) is 6.52. The van der Waals surface area contributed by atoms with Crippen molar-refractivity contribution in [3.05, 3.63) is 36.0 Å². The van der Waals surface area contributed by atoms with E-state index < -0.39 is 6.04 Å². The molecule has 170 valence electrons. The molecule has 9 heteroatoms. The van der Waals surface area contributed by atoms with Gasteiger partial charge < -0.3 is 20.3 Å². The van der Waals surface area contributed by atoms with Gasteiger partial charge in [-0.2, -0.15) is 5.10 Å². The fraction of sp³-hybridized carbons (Fsp3) is 0.478. The normalized spacial score (nSPS) is 19.2. The van der Waals surface area contributed by atoms with Crippen LogP contribution in [-0.2, 0) is 9.59 Å². The van der Waals surface area contributed by atoms with Gasteiger partial charge in [0.1, 0.15) is 11.6 Å². The van der Waals surface area contributed by atoms with E-state index in [1.807, 2.05) is 12.1 Å². The van der Waals surface area contributed by atoms with Gasteiger partial charge in [-0.3, -0.25) is 14.4 Å². The van der Waals surface area contributed by atoms with Crippen LogP contribution in [0, 0.1) is 5.92 Å². The number of ketones is 1. The first kappa shape index (κ1) is 21.9. The van der Waals surface area contributed by atoms with Crippen molar-refractivity contribution in [2.75, 3.05) is 32.5 Å². The minimum atomic E-state index is -0.524. The predicted octanol–water partition coefficient (Wildman–Crippen LogP) is 1.90. The van der Waals surface area contributed by atoms with Gasteiger partial charge >= 0.3 is 0 Å². The lowest BCUT2D eigenvalue weighted by molar-refractivity contribution is -0.140. The molecule has 0 radical (unpaired) electrons. The topological polar surface area (TPSA) is 111 Å².